The van der Waals surface area contributed by atoms with Crippen molar-refractivity contribution in [2.45, 2.75) is 11.5 Å². The quantitative estimate of drug-likeness (QED) is 0.762. The first-order valence-electron chi connectivity index (χ1n) is 10.5. The van der Waals surface area contributed by atoms with Gasteiger partial charge in [0.2, 0.25) is 0 Å². The van der Waals surface area contributed by atoms with Crippen LogP contribution in [0.2, 0.25) is 0 Å². The summed E-state index contributed by atoms with van der Waals surface area (Å²) in [6.07, 6.45) is 0. The van der Waals surface area contributed by atoms with Crippen LogP contribution in [0.4, 0.5) is 0 Å². The molecule has 2 aliphatic heterocycles. The molecule has 2 aromatic carbocycles. The van der Waals surface area contributed by atoms with E-state index in [0.29, 0.717) is 31.8 Å². The second-order valence-electron chi connectivity index (χ2n) is 8.35. The van der Waals surface area contributed by atoms with Crippen LogP contribution in [0.5, 0.6) is 0 Å². The molecule has 2 amide bonds. The summed E-state index contributed by atoms with van der Waals surface area (Å²) in [6.45, 7) is 3.15. The first kappa shape index (κ1) is 20.6. The second kappa shape index (κ2) is 8.58. The Labute approximate surface area is 178 Å². The van der Waals surface area contributed by atoms with E-state index in [9.17, 15) is 9.59 Å². The Morgan fingerprint density at radius 1 is 1.10 bits per heavy atom. The van der Waals surface area contributed by atoms with Gasteiger partial charge in [0.15, 0.2) is 5.60 Å². The van der Waals surface area contributed by atoms with Crippen molar-refractivity contribution >= 4 is 11.8 Å². The fourth-order valence-corrected chi connectivity index (χ4v) is 4.46. The maximum absolute atomic E-state index is 13.6. The minimum atomic E-state index is -1.03. The first-order valence-corrected chi connectivity index (χ1v) is 10.5. The lowest BCUT2D eigenvalue weighted by molar-refractivity contribution is -0.159. The van der Waals surface area contributed by atoms with Crippen LogP contribution in [-0.4, -0.2) is 85.5 Å². The molecule has 2 atom stereocenters. The smallest absolute Gasteiger partial charge is 0.257 e. The summed E-state index contributed by atoms with van der Waals surface area (Å²) < 4.78 is 6.26. The van der Waals surface area contributed by atoms with Gasteiger partial charge in [0, 0.05) is 37.7 Å². The number of amides is 2. The van der Waals surface area contributed by atoms with Crippen LogP contribution in [0.3, 0.4) is 0 Å². The van der Waals surface area contributed by atoms with Gasteiger partial charge in [-0.15, -0.1) is 0 Å². The number of carbonyl (C=O) groups is 2. The summed E-state index contributed by atoms with van der Waals surface area (Å²) in [4.78, 5) is 32.5. The van der Waals surface area contributed by atoms with Gasteiger partial charge in [0.1, 0.15) is 0 Å². The number of hydrogen-bond donors (Lipinski definition) is 0. The van der Waals surface area contributed by atoms with E-state index in [0.717, 1.165) is 12.1 Å². The number of carbonyl (C=O) groups excluding carboxylic acids is 2. The van der Waals surface area contributed by atoms with Crippen molar-refractivity contribution in [3.8, 4) is 0 Å². The van der Waals surface area contributed by atoms with E-state index in [4.69, 9.17) is 4.74 Å². The van der Waals surface area contributed by atoms with Crippen molar-refractivity contribution in [1.29, 1.82) is 0 Å². The molecular formula is C24H29N3O3. The number of nitrogens with zero attached hydrogens (tertiary/aromatic N) is 3. The van der Waals surface area contributed by atoms with Gasteiger partial charge in [-0.3, -0.25) is 9.59 Å². The first-order chi connectivity index (χ1) is 14.5. The summed E-state index contributed by atoms with van der Waals surface area (Å²) in [5, 5.41) is 0. The highest BCUT2D eigenvalue weighted by Crippen LogP contribution is 2.42. The van der Waals surface area contributed by atoms with Gasteiger partial charge in [-0.1, -0.05) is 48.5 Å². The predicted octanol–water partition coefficient (Wildman–Crippen LogP) is 2.09. The number of likely N-dealkylation sites (N-methyl/N-ethyl adjacent to an activating group) is 1. The van der Waals surface area contributed by atoms with Crippen LogP contribution < -0.4 is 0 Å². The van der Waals surface area contributed by atoms with Gasteiger partial charge < -0.3 is 19.4 Å². The van der Waals surface area contributed by atoms with Crippen molar-refractivity contribution in [2.24, 2.45) is 0 Å². The van der Waals surface area contributed by atoms with E-state index in [1.165, 1.54) is 0 Å². The summed E-state index contributed by atoms with van der Waals surface area (Å²) in [7, 11) is 4.00. The van der Waals surface area contributed by atoms with Gasteiger partial charge in [-0.25, -0.2) is 0 Å². The fourth-order valence-electron chi connectivity index (χ4n) is 4.46. The molecule has 2 aliphatic rings. The highest BCUT2D eigenvalue weighted by atomic mass is 16.5. The Kier molecular flexibility index (Phi) is 5.88. The summed E-state index contributed by atoms with van der Waals surface area (Å²) >= 11 is 0. The maximum atomic E-state index is 13.6. The Hall–Kier alpha value is -2.70. The molecule has 2 fully saturated rings. The van der Waals surface area contributed by atoms with E-state index >= 15 is 0 Å². The van der Waals surface area contributed by atoms with Crippen LogP contribution in [0.15, 0.2) is 60.7 Å². The van der Waals surface area contributed by atoms with Crippen LogP contribution in [0.1, 0.15) is 21.8 Å². The fraction of sp³-hybridized carbons (Fsp3) is 0.417. The third kappa shape index (κ3) is 3.85. The Morgan fingerprint density at radius 2 is 1.77 bits per heavy atom. The molecule has 0 unspecified atom stereocenters. The molecule has 6 nitrogen and oxygen atoms in total. The average Bonchev–Trinajstić information content (AvgIpc) is 3.04. The van der Waals surface area contributed by atoms with Gasteiger partial charge >= 0.3 is 0 Å². The number of ether oxygens (including phenoxy) is 1. The molecule has 2 heterocycles. The topological polar surface area (TPSA) is 53.1 Å². The molecule has 6 heteroatoms. The summed E-state index contributed by atoms with van der Waals surface area (Å²) in [5.41, 5.74) is 0.684. The van der Waals surface area contributed by atoms with Crippen molar-refractivity contribution in [2.75, 3.05) is 53.4 Å². The lowest BCUT2D eigenvalue weighted by atomic mass is 9.83. The van der Waals surface area contributed by atoms with E-state index < -0.39 is 5.60 Å². The molecule has 0 radical (unpaired) electrons. The molecule has 2 aromatic rings. The monoisotopic (exact) mass is 407 g/mol. The third-order valence-corrected chi connectivity index (χ3v) is 6.09. The van der Waals surface area contributed by atoms with Gasteiger partial charge in [-0.05, 0) is 31.8 Å². The lowest BCUT2D eigenvalue weighted by Crippen LogP contribution is -2.59. The van der Waals surface area contributed by atoms with E-state index in [1.807, 2.05) is 67.5 Å². The SMILES string of the molecule is CN(C)CCN1C[C@H](c2ccccc2)[C@@]2(CN(C(=O)c3ccccc3)CCO2)C1=O. The number of benzene rings is 2. The molecular weight excluding hydrogens is 378 g/mol. The van der Waals surface area contributed by atoms with Gasteiger partial charge in [0.25, 0.3) is 11.8 Å². The van der Waals surface area contributed by atoms with Crippen LogP contribution in [0.25, 0.3) is 0 Å². The van der Waals surface area contributed by atoms with Crippen molar-refractivity contribution < 1.29 is 14.3 Å². The molecule has 1 spiro atoms. The molecule has 0 aliphatic carbocycles. The predicted molar refractivity (Wildman–Crippen MR) is 115 cm³/mol. The number of morpholine rings is 1. The molecule has 30 heavy (non-hydrogen) atoms. The van der Waals surface area contributed by atoms with Gasteiger partial charge in [0.05, 0.1) is 13.2 Å². The zero-order chi connectivity index (χ0) is 21.1. The minimum Gasteiger partial charge on any atom is -0.361 e. The number of hydrogen-bond acceptors (Lipinski definition) is 4. The highest BCUT2D eigenvalue weighted by molar-refractivity contribution is 5.96. The normalized spacial score (nSPS) is 24.1. The molecule has 2 saturated heterocycles. The molecule has 0 bridgehead atoms. The summed E-state index contributed by atoms with van der Waals surface area (Å²) in [5.74, 6) is -0.173. The highest BCUT2D eigenvalue weighted by Gasteiger charge is 2.58. The number of rotatable bonds is 5. The van der Waals surface area contributed by atoms with E-state index in [-0.39, 0.29) is 24.3 Å². The van der Waals surface area contributed by atoms with Crippen molar-refractivity contribution in [3.05, 3.63) is 71.8 Å². The maximum Gasteiger partial charge on any atom is 0.257 e. The Morgan fingerprint density at radius 3 is 2.43 bits per heavy atom. The van der Waals surface area contributed by atoms with Crippen LogP contribution >= 0.6 is 0 Å². The molecule has 0 saturated carbocycles. The van der Waals surface area contributed by atoms with Crippen molar-refractivity contribution in [3.63, 3.8) is 0 Å². The Balaban J connectivity index is 1.65. The Bertz CT molecular complexity index is 887. The van der Waals surface area contributed by atoms with Crippen molar-refractivity contribution in [1.82, 2.24) is 14.7 Å². The zero-order valence-corrected chi connectivity index (χ0v) is 17.7. The molecule has 158 valence electrons. The lowest BCUT2D eigenvalue weighted by Gasteiger charge is -2.42. The third-order valence-electron chi connectivity index (χ3n) is 6.09. The summed E-state index contributed by atoms with van der Waals surface area (Å²) in [6, 6.07) is 19.3. The van der Waals surface area contributed by atoms with Gasteiger partial charge in [-0.2, -0.15) is 0 Å². The second-order valence-corrected chi connectivity index (χ2v) is 8.35. The molecule has 0 N–H and O–H groups in total. The van der Waals surface area contributed by atoms with E-state index in [1.54, 1.807) is 4.90 Å². The zero-order valence-electron chi connectivity index (χ0n) is 17.7. The standard InChI is InChI=1S/C24H29N3O3/c1-25(2)13-14-26-17-21(19-9-5-3-6-10-19)24(23(26)29)18-27(15-16-30-24)22(28)20-11-7-4-8-12-20/h3-12,21H,13-18H2,1-2H3/t21-,24+/m1/s1. The minimum absolute atomic E-state index is 0.0104. The van der Waals surface area contributed by atoms with E-state index in [2.05, 4.69) is 17.0 Å². The van der Waals surface area contributed by atoms with Crippen LogP contribution in [-0.2, 0) is 9.53 Å². The van der Waals surface area contributed by atoms with Crippen LogP contribution in [0, 0.1) is 0 Å². The number of likely N-dealkylation sites (tertiary alicyclic amines) is 1. The molecule has 0 aromatic heterocycles. The molecule has 4 rings (SSSR count). The average molecular weight is 408 g/mol. The largest absolute Gasteiger partial charge is 0.361 e.